The lowest BCUT2D eigenvalue weighted by molar-refractivity contribution is 0.505. The number of hydrogen-bond acceptors (Lipinski definition) is 3. The summed E-state index contributed by atoms with van der Waals surface area (Å²) >= 11 is 3.48. The quantitative estimate of drug-likeness (QED) is 0.775. The van der Waals surface area contributed by atoms with E-state index in [1.54, 1.807) is 0 Å². The molecule has 0 fully saturated rings. The van der Waals surface area contributed by atoms with Crippen LogP contribution in [0.2, 0.25) is 0 Å². The number of furan rings is 1. The van der Waals surface area contributed by atoms with Crippen LogP contribution in [0, 0.1) is 13.8 Å². The third-order valence-electron chi connectivity index (χ3n) is 3.32. The van der Waals surface area contributed by atoms with Crippen LogP contribution in [0.25, 0.3) is 11.3 Å². The van der Waals surface area contributed by atoms with Gasteiger partial charge >= 0.3 is 0 Å². The Hall–Kier alpha value is -2.01. The van der Waals surface area contributed by atoms with Gasteiger partial charge in [0.15, 0.2) is 0 Å². The predicted octanol–water partition coefficient (Wildman–Crippen LogP) is 4.15. The summed E-state index contributed by atoms with van der Waals surface area (Å²) in [6, 6.07) is 10.1. The van der Waals surface area contributed by atoms with Crippen molar-refractivity contribution in [1.29, 1.82) is 0 Å². The molecule has 0 amide bonds. The van der Waals surface area contributed by atoms with Gasteiger partial charge in [-0.25, -0.2) is 0 Å². The lowest BCUT2D eigenvalue weighted by Gasteiger charge is -2.02. The minimum Gasteiger partial charge on any atom is -0.466 e. The highest BCUT2D eigenvalue weighted by Crippen LogP contribution is 2.29. The topological polar surface area (TPSA) is 57.0 Å². The SMILES string of the molecule is Cc1cc(-c2nn(Cc3cccc(Br)c3)cc2N)c(C)o1. The summed E-state index contributed by atoms with van der Waals surface area (Å²) in [6.07, 6.45) is 1.86. The molecular formula is C16H16BrN3O. The first kappa shape index (κ1) is 13.9. The molecule has 21 heavy (non-hydrogen) atoms. The highest BCUT2D eigenvalue weighted by atomic mass is 79.9. The van der Waals surface area contributed by atoms with E-state index < -0.39 is 0 Å². The van der Waals surface area contributed by atoms with Crippen molar-refractivity contribution in [3.05, 3.63) is 58.1 Å². The summed E-state index contributed by atoms with van der Waals surface area (Å²) in [6.45, 7) is 4.53. The van der Waals surface area contributed by atoms with Gasteiger partial charge in [0.25, 0.3) is 0 Å². The smallest absolute Gasteiger partial charge is 0.119 e. The zero-order valence-electron chi connectivity index (χ0n) is 11.9. The van der Waals surface area contributed by atoms with E-state index in [1.807, 2.05) is 42.9 Å². The van der Waals surface area contributed by atoms with Crippen molar-refractivity contribution in [3.63, 3.8) is 0 Å². The maximum atomic E-state index is 6.10. The molecule has 108 valence electrons. The van der Waals surface area contributed by atoms with Gasteiger partial charge in [-0.2, -0.15) is 5.10 Å². The first-order chi connectivity index (χ1) is 10.0. The van der Waals surface area contributed by atoms with Crippen molar-refractivity contribution in [2.75, 3.05) is 5.73 Å². The number of halogens is 1. The second kappa shape index (κ2) is 5.41. The summed E-state index contributed by atoms with van der Waals surface area (Å²) in [5.74, 6) is 1.70. The molecule has 3 aromatic rings. The number of hydrogen-bond donors (Lipinski definition) is 1. The number of nitrogens with two attached hydrogens (primary N) is 1. The second-order valence-electron chi connectivity index (χ2n) is 5.09. The Kier molecular flexibility index (Phi) is 3.59. The summed E-state index contributed by atoms with van der Waals surface area (Å²) < 4.78 is 8.47. The van der Waals surface area contributed by atoms with Crippen molar-refractivity contribution in [1.82, 2.24) is 9.78 Å². The van der Waals surface area contributed by atoms with Gasteiger partial charge in [0.05, 0.1) is 12.2 Å². The third-order valence-corrected chi connectivity index (χ3v) is 3.81. The van der Waals surface area contributed by atoms with E-state index in [1.165, 1.54) is 5.56 Å². The summed E-state index contributed by atoms with van der Waals surface area (Å²) in [4.78, 5) is 0. The Morgan fingerprint density at radius 3 is 2.76 bits per heavy atom. The van der Waals surface area contributed by atoms with Crippen LogP contribution in [0.5, 0.6) is 0 Å². The van der Waals surface area contributed by atoms with E-state index in [0.717, 1.165) is 27.3 Å². The monoisotopic (exact) mass is 345 g/mol. The number of nitrogens with zero attached hydrogens (tertiary/aromatic N) is 2. The van der Waals surface area contributed by atoms with E-state index in [9.17, 15) is 0 Å². The zero-order chi connectivity index (χ0) is 15.0. The third kappa shape index (κ3) is 2.88. The molecule has 2 aromatic heterocycles. The Morgan fingerprint density at radius 1 is 1.29 bits per heavy atom. The van der Waals surface area contributed by atoms with Gasteiger partial charge in [0, 0.05) is 16.2 Å². The minimum absolute atomic E-state index is 0.661. The molecular weight excluding hydrogens is 330 g/mol. The van der Waals surface area contributed by atoms with Gasteiger partial charge in [0.2, 0.25) is 0 Å². The highest BCUT2D eigenvalue weighted by Gasteiger charge is 2.14. The molecule has 0 spiro atoms. The van der Waals surface area contributed by atoms with Gasteiger partial charge < -0.3 is 10.2 Å². The Bertz CT molecular complexity index is 789. The van der Waals surface area contributed by atoms with E-state index in [-0.39, 0.29) is 0 Å². The van der Waals surface area contributed by atoms with Crippen molar-refractivity contribution in [2.45, 2.75) is 20.4 Å². The van der Waals surface area contributed by atoms with Crippen molar-refractivity contribution < 1.29 is 4.42 Å². The van der Waals surface area contributed by atoms with E-state index >= 15 is 0 Å². The average Bonchev–Trinajstić information content (AvgIpc) is 2.92. The molecule has 0 atom stereocenters. The molecule has 0 saturated heterocycles. The average molecular weight is 346 g/mol. The molecule has 2 heterocycles. The molecule has 0 unspecified atom stereocenters. The van der Waals surface area contributed by atoms with Gasteiger partial charge in [-0.15, -0.1) is 0 Å². The Labute approximate surface area is 131 Å². The van der Waals surface area contributed by atoms with Crippen LogP contribution in [-0.2, 0) is 6.54 Å². The van der Waals surface area contributed by atoms with Gasteiger partial charge in [-0.1, -0.05) is 28.1 Å². The molecule has 3 rings (SSSR count). The highest BCUT2D eigenvalue weighted by molar-refractivity contribution is 9.10. The zero-order valence-corrected chi connectivity index (χ0v) is 13.5. The number of nitrogen functional groups attached to an aromatic ring is 1. The van der Waals surface area contributed by atoms with E-state index in [2.05, 4.69) is 33.2 Å². The molecule has 1 aromatic carbocycles. The minimum atomic E-state index is 0.661. The van der Waals surface area contributed by atoms with E-state index in [4.69, 9.17) is 10.2 Å². The first-order valence-electron chi connectivity index (χ1n) is 6.67. The molecule has 4 nitrogen and oxygen atoms in total. The summed E-state index contributed by atoms with van der Waals surface area (Å²) in [7, 11) is 0. The van der Waals surface area contributed by atoms with Crippen LogP contribution >= 0.6 is 15.9 Å². The largest absolute Gasteiger partial charge is 0.466 e. The standard InChI is InChI=1S/C16H16BrN3O/c1-10-6-14(11(2)21-10)16-15(18)9-20(19-16)8-12-4-3-5-13(17)7-12/h3-7,9H,8,18H2,1-2H3. The summed E-state index contributed by atoms with van der Waals surface area (Å²) in [5, 5.41) is 4.60. The molecule has 0 radical (unpaired) electrons. The van der Waals surface area contributed by atoms with E-state index in [0.29, 0.717) is 12.2 Å². The lowest BCUT2D eigenvalue weighted by Crippen LogP contribution is -2.00. The molecule has 0 aliphatic carbocycles. The number of benzene rings is 1. The number of aromatic nitrogens is 2. The maximum Gasteiger partial charge on any atom is 0.119 e. The molecule has 0 aliphatic rings. The van der Waals surface area contributed by atoms with Crippen LogP contribution in [0.1, 0.15) is 17.1 Å². The molecule has 5 heteroatoms. The molecule has 0 saturated carbocycles. The fourth-order valence-electron chi connectivity index (χ4n) is 2.42. The number of anilines is 1. The molecule has 0 aliphatic heterocycles. The fourth-order valence-corrected chi connectivity index (χ4v) is 2.86. The van der Waals surface area contributed by atoms with Gasteiger partial charge in [-0.3, -0.25) is 4.68 Å². The van der Waals surface area contributed by atoms with Crippen molar-refractivity contribution in [2.24, 2.45) is 0 Å². The van der Waals surface area contributed by atoms with Gasteiger partial charge in [-0.05, 0) is 37.6 Å². The van der Waals surface area contributed by atoms with Crippen LogP contribution in [0.15, 0.2) is 45.4 Å². The predicted molar refractivity (Wildman–Crippen MR) is 87.1 cm³/mol. The second-order valence-corrected chi connectivity index (χ2v) is 6.00. The van der Waals surface area contributed by atoms with Crippen LogP contribution < -0.4 is 5.73 Å². The van der Waals surface area contributed by atoms with Crippen LogP contribution in [-0.4, -0.2) is 9.78 Å². The normalized spacial score (nSPS) is 11.0. The van der Waals surface area contributed by atoms with Crippen LogP contribution in [0.4, 0.5) is 5.69 Å². The lowest BCUT2D eigenvalue weighted by atomic mass is 10.1. The van der Waals surface area contributed by atoms with Crippen molar-refractivity contribution in [3.8, 4) is 11.3 Å². The molecule has 2 N–H and O–H groups in total. The fraction of sp³-hybridized carbons (Fsp3) is 0.188. The Balaban J connectivity index is 1.93. The van der Waals surface area contributed by atoms with Crippen molar-refractivity contribution >= 4 is 21.6 Å². The summed E-state index contributed by atoms with van der Waals surface area (Å²) in [5.41, 5.74) is 9.66. The van der Waals surface area contributed by atoms with Crippen LogP contribution in [0.3, 0.4) is 0 Å². The Morgan fingerprint density at radius 2 is 2.10 bits per heavy atom. The number of rotatable bonds is 3. The number of aryl methyl sites for hydroxylation is 2. The first-order valence-corrected chi connectivity index (χ1v) is 7.47. The van der Waals surface area contributed by atoms with Gasteiger partial charge in [0.1, 0.15) is 17.2 Å². The maximum absolute atomic E-state index is 6.10. The molecule has 0 bridgehead atoms.